The summed E-state index contributed by atoms with van der Waals surface area (Å²) in [5.74, 6) is 0.816. The molecule has 0 saturated heterocycles. The Balaban J connectivity index is 2.40. The normalized spacial score (nSPS) is 14.1. The van der Waals surface area contributed by atoms with Crippen LogP contribution in [-0.4, -0.2) is 24.6 Å². The number of rotatable bonds is 6. The van der Waals surface area contributed by atoms with Gasteiger partial charge in [-0.1, -0.05) is 26.0 Å². The minimum atomic E-state index is -0.712. The molecule has 3 nitrogen and oxygen atoms in total. The molecule has 0 aromatic heterocycles. The maximum Gasteiger partial charge on any atom is 0.198 e. The third-order valence-corrected chi connectivity index (χ3v) is 3.94. The third-order valence-electron chi connectivity index (χ3n) is 3.94. The minimum Gasteiger partial charge on any atom is -0.492 e. The molecular formula is C16H22O3. The molecule has 0 atom stereocenters. The van der Waals surface area contributed by atoms with E-state index < -0.39 is 5.60 Å². The number of ether oxygens (including phenoxy) is 2. The highest BCUT2D eigenvalue weighted by Gasteiger charge is 2.38. The molecule has 1 aliphatic heterocycles. The van der Waals surface area contributed by atoms with Gasteiger partial charge in [0.25, 0.3) is 0 Å². The Hall–Kier alpha value is -1.35. The van der Waals surface area contributed by atoms with E-state index in [0.717, 1.165) is 17.7 Å². The van der Waals surface area contributed by atoms with E-state index in [-0.39, 0.29) is 5.78 Å². The summed E-state index contributed by atoms with van der Waals surface area (Å²) in [4.78, 5) is 12.9. The lowest BCUT2D eigenvalue weighted by Crippen LogP contribution is -2.40. The molecule has 1 aromatic carbocycles. The highest BCUT2D eigenvalue weighted by atomic mass is 16.5. The first kappa shape index (κ1) is 14.1. The second-order valence-electron chi connectivity index (χ2n) is 4.86. The van der Waals surface area contributed by atoms with E-state index in [1.54, 1.807) is 0 Å². The average Bonchev–Trinajstić information content (AvgIpc) is 2.92. The molecule has 0 radical (unpaired) electrons. The summed E-state index contributed by atoms with van der Waals surface area (Å²) >= 11 is 0. The van der Waals surface area contributed by atoms with E-state index in [1.807, 2.05) is 39.0 Å². The van der Waals surface area contributed by atoms with Crippen LogP contribution in [0.1, 0.15) is 49.5 Å². The van der Waals surface area contributed by atoms with Crippen LogP contribution in [0.2, 0.25) is 0 Å². The topological polar surface area (TPSA) is 35.5 Å². The second-order valence-corrected chi connectivity index (χ2v) is 4.86. The number of Topliss-reactive ketones (excluding diaryl/α,β-unsaturated/α-hetero) is 1. The molecule has 0 bridgehead atoms. The van der Waals surface area contributed by atoms with Gasteiger partial charge in [-0.15, -0.1) is 0 Å². The van der Waals surface area contributed by atoms with Gasteiger partial charge in [0, 0.05) is 13.0 Å². The largest absolute Gasteiger partial charge is 0.492 e. The standard InChI is InChI=1S/C16H22O3/c1-4-16(5-2,19-6-3)15(17)13-9-7-8-12-10-11-18-14(12)13/h7-9H,4-6,10-11H2,1-3H3. The molecule has 0 aliphatic carbocycles. The van der Waals surface area contributed by atoms with E-state index in [1.165, 1.54) is 0 Å². The summed E-state index contributed by atoms with van der Waals surface area (Å²) in [7, 11) is 0. The van der Waals surface area contributed by atoms with Crippen molar-refractivity contribution in [3.8, 4) is 5.75 Å². The molecule has 0 saturated carbocycles. The van der Waals surface area contributed by atoms with Gasteiger partial charge in [-0.3, -0.25) is 4.79 Å². The predicted octanol–water partition coefficient (Wildman–Crippen LogP) is 3.40. The van der Waals surface area contributed by atoms with Crippen molar-refractivity contribution in [2.24, 2.45) is 0 Å². The van der Waals surface area contributed by atoms with Crippen LogP contribution in [0.25, 0.3) is 0 Å². The maximum atomic E-state index is 12.9. The van der Waals surface area contributed by atoms with Crippen molar-refractivity contribution in [1.29, 1.82) is 0 Å². The average molecular weight is 262 g/mol. The molecule has 2 rings (SSSR count). The van der Waals surface area contributed by atoms with Gasteiger partial charge in [-0.25, -0.2) is 0 Å². The summed E-state index contributed by atoms with van der Waals surface area (Å²) in [6.07, 6.45) is 2.25. The first-order valence-electron chi connectivity index (χ1n) is 7.12. The monoisotopic (exact) mass is 262 g/mol. The van der Waals surface area contributed by atoms with Crippen LogP contribution in [0.5, 0.6) is 5.75 Å². The number of carbonyl (C=O) groups excluding carboxylic acids is 1. The van der Waals surface area contributed by atoms with Gasteiger partial charge in [0.05, 0.1) is 12.2 Å². The van der Waals surface area contributed by atoms with E-state index in [2.05, 4.69) is 0 Å². The minimum absolute atomic E-state index is 0.0538. The molecule has 1 heterocycles. The van der Waals surface area contributed by atoms with Crippen LogP contribution in [0.15, 0.2) is 18.2 Å². The maximum absolute atomic E-state index is 12.9. The molecule has 104 valence electrons. The van der Waals surface area contributed by atoms with Crippen LogP contribution in [0.4, 0.5) is 0 Å². The number of hydrogen-bond donors (Lipinski definition) is 0. The number of carbonyl (C=O) groups is 1. The Morgan fingerprint density at radius 3 is 2.68 bits per heavy atom. The number of para-hydroxylation sites is 1. The van der Waals surface area contributed by atoms with Crippen molar-refractivity contribution in [2.75, 3.05) is 13.2 Å². The first-order chi connectivity index (χ1) is 9.18. The van der Waals surface area contributed by atoms with E-state index in [4.69, 9.17) is 9.47 Å². The van der Waals surface area contributed by atoms with Crippen molar-refractivity contribution >= 4 is 5.78 Å². The van der Waals surface area contributed by atoms with Gasteiger partial charge in [-0.05, 0) is 31.4 Å². The highest BCUT2D eigenvalue weighted by Crippen LogP contribution is 2.34. The van der Waals surface area contributed by atoms with Gasteiger partial charge >= 0.3 is 0 Å². The molecule has 1 aliphatic rings. The summed E-state index contributed by atoms with van der Waals surface area (Å²) < 4.78 is 11.4. The molecule has 0 amide bonds. The fourth-order valence-electron chi connectivity index (χ4n) is 2.76. The summed E-state index contributed by atoms with van der Waals surface area (Å²) in [5, 5.41) is 0. The van der Waals surface area contributed by atoms with Crippen LogP contribution in [0.3, 0.4) is 0 Å². The Labute approximate surface area is 114 Å². The smallest absolute Gasteiger partial charge is 0.198 e. The number of benzene rings is 1. The molecule has 19 heavy (non-hydrogen) atoms. The number of fused-ring (bicyclic) bond motifs is 1. The van der Waals surface area contributed by atoms with Gasteiger partial charge in [-0.2, -0.15) is 0 Å². The molecule has 0 fully saturated rings. The Kier molecular flexibility index (Phi) is 4.25. The SMILES string of the molecule is CCOC(CC)(CC)C(=O)c1cccc2c1OCC2. The molecule has 3 heteroatoms. The van der Waals surface area contributed by atoms with Gasteiger partial charge < -0.3 is 9.47 Å². The third kappa shape index (κ3) is 2.39. The van der Waals surface area contributed by atoms with Gasteiger partial charge in [0.1, 0.15) is 11.4 Å². The highest BCUT2D eigenvalue weighted by molar-refractivity contribution is 6.05. The quantitative estimate of drug-likeness (QED) is 0.737. The van der Waals surface area contributed by atoms with Gasteiger partial charge in [0.2, 0.25) is 0 Å². The summed E-state index contributed by atoms with van der Waals surface area (Å²) in [6.45, 7) is 7.14. The first-order valence-corrected chi connectivity index (χ1v) is 7.12. The number of hydrogen-bond acceptors (Lipinski definition) is 3. The predicted molar refractivity (Wildman–Crippen MR) is 74.9 cm³/mol. The zero-order valence-corrected chi connectivity index (χ0v) is 12.0. The lowest BCUT2D eigenvalue weighted by Gasteiger charge is -2.30. The fourth-order valence-corrected chi connectivity index (χ4v) is 2.76. The molecule has 0 spiro atoms. The van der Waals surface area contributed by atoms with E-state index in [9.17, 15) is 4.79 Å². The Bertz CT molecular complexity index is 461. The zero-order chi connectivity index (χ0) is 13.9. The van der Waals surface area contributed by atoms with Crippen molar-refractivity contribution in [1.82, 2.24) is 0 Å². The van der Waals surface area contributed by atoms with Crippen LogP contribution in [0, 0.1) is 0 Å². The van der Waals surface area contributed by atoms with Gasteiger partial charge in [0.15, 0.2) is 5.78 Å². The molecular weight excluding hydrogens is 240 g/mol. The number of ketones is 1. The lowest BCUT2D eigenvalue weighted by molar-refractivity contribution is -0.0252. The van der Waals surface area contributed by atoms with Crippen LogP contribution < -0.4 is 4.74 Å². The van der Waals surface area contributed by atoms with Crippen molar-refractivity contribution in [3.05, 3.63) is 29.3 Å². The fraction of sp³-hybridized carbons (Fsp3) is 0.562. The van der Waals surface area contributed by atoms with E-state index in [0.29, 0.717) is 31.6 Å². The lowest BCUT2D eigenvalue weighted by atomic mass is 9.86. The summed E-state index contributed by atoms with van der Waals surface area (Å²) in [6, 6.07) is 5.81. The second kappa shape index (κ2) is 5.74. The van der Waals surface area contributed by atoms with Crippen LogP contribution >= 0.6 is 0 Å². The van der Waals surface area contributed by atoms with Crippen molar-refractivity contribution in [3.63, 3.8) is 0 Å². The van der Waals surface area contributed by atoms with Crippen molar-refractivity contribution in [2.45, 2.75) is 45.6 Å². The van der Waals surface area contributed by atoms with E-state index >= 15 is 0 Å². The Morgan fingerprint density at radius 1 is 1.32 bits per heavy atom. The van der Waals surface area contributed by atoms with Crippen molar-refractivity contribution < 1.29 is 14.3 Å². The summed E-state index contributed by atoms with van der Waals surface area (Å²) in [5.41, 5.74) is 1.09. The molecule has 0 unspecified atom stereocenters. The Morgan fingerprint density at radius 2 is 2.05 bits per heavy atom. The zero-order valence-electron chi connectivity index (χ0n) is 12.0. The molecule has 0 N–H and O–H groups in total. The molecule has 1 aromatic rings. The van der Waals surface area contributed by atoms with Crippen LogP contribution in [-0.2, 0) is 11.2 Å².